The minimum Gasteiger partial charge on any atom is -0.497 e. The van der Waals surface area contributed by atoms with Gasteiger partial charge in [0.05, 0.1) is 57.0 Å². The molecule has 4 aromatic carbocycles. The summed E-state index contributed by atoms with van der Waals surface area (Å²) in [5.41, 5.74) is 1.69. The summed E-state index contributed by atoms with van der Waals surface area (Å²) in [6.07, 6.45) is 0.230. The molecular formula is C38H44N3O7P. The van der Waals surface area contributed by atoms with Gasteiger partial charge in [-0.1, -0.05) is 60.7 Å². The Kier molecular flexibility index (Phi) is 13.7. The molecule has 1 unspecified atom stereocenters. The van der Waals surface area contributed by atoms with E-state index in [1.807, 2.05) is 84.9 Å². The highest BCUT2D eigenvalue weighted by Crippen LogP contribution is 2.48. The number of nitro benzene ring substituents is 1. The van der Waals surface area contributed by atoms with Crippen LogP contribution in [0.5, 0.6) is 11.5 Å². The zero-order chi connectivity index (χ0) is 35.4. The third-order valence-corrected chi connectivity index (χ3v) is 9.99. The maximum atomic E-state index is 13.0. The van der Waals surface area contributed by atoms with Crippen LogP contribution in [-0.4, -0.2) is 42.5 Å². The number of nitro groups is 1. The number of methoxy groups -OCH3 is 2. The molecule has 10 nitrogen and oxygen atoms in total. The molecule has 0 amide bonds. The third kappa shape index (κ3) is 9.21. The minimum atomic E-state index is -1.54. The van der Waals surface area contributed by atoms with Gasteiger partial charge in [0.25, 0.3) is 14.2 Å². The molecule has 0 bridgehead atoms. The van der Waals surface area contributed by atoms with E-state index < -0.39 is 14.1 Å². The van der Waals surface area contributed by atoms with Crippen molar-refractivity contribution in [3.05, 3.63) is 135 Å². The third-order valence-electron chi connectivity index (χ3n) is 7.93. The average molecular weight is 686 g/mol. The van der Waals surface area contributed by atoms with Gasteiger partial charge in [0.2, 0.25) is 0 Å². The summed E-state index contributed by atoms with van der Waals surface area (Å²) in [7, 11) is 1.63. The lowest BCUT2D eigenvalue weighted by Gasteiger charge is -2.36. The van der Waals surface area contributed by atoms with Crippen molar-refractivity contribution < 1.29 is 28.2 Å². The van der Waals surface area contributed by atoms with Crippen LogP contribution in [-0.2, 0) is 32.6 Å². The van der Waals surface area contributed by atoms with Crippen molar-refractivity contribution in [2.24, 2.45) is 0 Å². The van der Waals surface area contributed by atoms with Gasteiger partial charge in [-0.15, -0.1) is 0 Å². The molecule has 0 spiro atoms. The topological polar surface area (TPSA) is 116 Å². The van der Waals surface area contributed by atoms with Crippen LogP contribution in [0, 0.1) is 21.4 Å². The Morgan fingerprint density at radius 1 is 0.796 bits per heavy atom. The van der Waals surface area contributed by atoms with Crippen LogP contribution in [0.2, 0.25) is 0 Å². The first kappa shape index (κ1) is 37.5. The van der Waals surface area contributed by atoms with Crippen molar-refractivity contribution in [1.82, 2.24) is 4.67 Å². The molecule has 0 aliphatic carbocycles. The van der Waals surface area contributed by atoms with E-state index in [0.717, 1.165) is 5.56 Å². The van der Waals surface area contributed by atoms with E-state index in [9.17, 15) is 10.1 Å². The van der Waals surface area contributed by atoms with Gasteiger partial charge in [-0.2, -0.15) is 5.26 Å². The van der Waals surface area contributed by atoms with Gasteiger partial charge in [0.15, 0.2) is 5.60 Å². The Bertz CT molecular complexity index is 1620. The highest BCUT2D eigenvalue weighted by molar-refractivity contribution is 7.44. The Hall–Kier alpha value is -4.36. The molecule has 0 saturated heterocycles. The van der Waals surface area contributed by atoms with Crippen molar-refractivity contribution in [2.45, 2.75) is 65.0 Å². The molecule has 0 heterocycles. The number of nitrogens with zero attached hydrogens (tertiary/aromatic N) is 3. The maximum Gasteiger partial charge on any atom is 0.276 e. The second-order valence-corrected chi connectivity index (χ2v) is 13.3. The molecule has 258 valence electrons. The lowest BCUT2D eigenvalue weighted by atomic mass is 9.78. The normalized spacial score (nSPS) is 12.2. The second-order valence-electron chi connectivity index (χ2n) is 11.8. The fourth-order valence-electron chi connectivity index (χ4n) is 5.70. The molecular weight excluding hydrogens is 641 g/mol. The van der Waals surface area contributed by atoms with Crippen molar-refractivity contribution in [1.29, 1.82) is 5.26 Å². The second kappa shape index (κ2) is 17.9. The summed E-state index contributed by atoms with van der Waals surface area (Å²) in [6, 6.07) is 31.9. The molecule has 0 saturated carbocycles. The highest BCUT2D eigenvalue weighted by Gasteiger charge is 2.43. The summed E-state index contributed by atoms with van der Waals surface area (Å²) in [5.74, 6) is 1.28. The van der Waals surface area contributed by atoms with Crippen molar-refractivity contribution >= 4 is 14.2 Å². The van der Waals surface area contributed by atoms with Crippen LogP contribution in [0.25, 0.3) is 0 Å². The molecule has 0 radical (unpaired) electrons. The van der Waals surface area contributed by atoms with Crippen LogP contribution in [0.3, 0.4) is 0 Å². The molecule has 0 aliphatic heterocycles. The summed E-state index contributed by atoms with van der Waals surface area (Å²) in [5, 5.41) is 22.0. The first-order chi connectivity index (χ1) is 23.6. The fourth-order valence-corrected chi connectivity index (χ4v) is 7.30. The van der Waals surface area contributed by atoms with Gasteiger partial charge < -0.3 is 23.3 Å². The van der Waals surface area contributed by atoms with E-state index in [1.54, 1.807) is 26.4 Å². The van der Waals surface area contributed by atoms with Gasteiger partial charge in [0, 0.05) is 18.2 Å². The molecule has 0 aliphatic rings. The number of rotatable bonds is 18. The van der Waals surface area contributed by atoms with Crippen LogP contribution in [0.1, 0.15) is 61.9 Å². The zero-order valence-electron chi connectivity index (χ0n) is 28.9. The number of nitriles is 1. The molecule has 0 fully saturated rings. The molecule has 1 atom stereocenters. The number of benzene rings is 4. The monoisotopic (exact) mass is 685 g/mol. The largest absolute Gasteiger partial charge is 0.497 e. The van der Waals surface area contributed by atoms with Gasteiger partial charge in [0.1, 0.15) is 11.5 Å². The maximum absolute atomic E-state index is 13.0. The van der Waals surface area contributed by atoms with E-state index in [1.165, 1.54) is 0 Å². The van der Waals surface area contributed by atoms with Gasteiger partial charge in [-0.3, -0.25) is 10.1 Å². The van der Waals surface area contributed by atoms with E-state index in [2.05, 4.69) is 38.4 Å². The Morgan fingerprint density at radius 3 is 1.86 bits per heavy atom. The van der Waals surface area contributed by atoms with Crippen molar-refractivity contribution in [3.63, 3.8) is 0 Å². The van der Waals surface area contributed by atoms with E-state index in [4.69, 9.17) is 28.5 Å². The first-order valence-electron chi connectivity index (χ1n) is 16.1. The zero-order valence-corrected chi connectivity index (χ0v) is 29.8. The van der Waals surface area contributed by atoms with Gasteiger partial charge in [-0.05, 0) is 80.3 Å². The number of ether oxygens (including phenoxy) is 3. The molecule has 49 heavy (non-hydrogen) atoms. The van der Waals surface area contributed by atoms with Crippen LogP contribution < -0.4 is 9.47 Å². The minimum absolute atomic E-state index is 0.0677. The van der Waals surface area contributed by atoms with Gasteiger partial charge in [-0.25, -0.2) is 4.67 Å². The van der Waals surface area contributed by atoms with Crippen LogP contribution in [0.4, 0.5) is 5.69 Å². The van der Waals surface area contributed by atoms with Crippen molar-refractivity contribution in [3.8, 4) is 17.6 Å². The highest BCUT2D eigenvalue weighted by atomic mass is 31.2. The number of hydrogen-bond acceptors (Lipinski definition) is 9. The van der Waals surface area contributed by atoms with Crippen LogP contribution in [0.15, 0.2) is 97.1 Å². The molecule has 0 N–H and O–H groups in total. The molecule has 4 rings (SSSR count). The quantitative estimate of drug-likeness (QED) is 0.0333. The van der Waals surface area contributed by atoms with Crippen molar-refractivity contribution in [2.75, 3.05) is 20.8 Å². The summed E-state index contributed by atoms with van der Waals surface area (Å²) < 4.78 is 32.3. The predicted octanol–water partition coefficient (Wildman–Crippen LogP) is 8.91. The SMILES string of the molecule is COc1ccc(C(OCc2ccccc2)(c2ccc(OC)cc2)c2ccc(COP(OCCC#N)N(C(C)C)C(C)C)cc2[N+](=O)[O-])cc1. The molecule has 0 aromatic heterocycles. The van der Waals surface area contributed by atoms with Crippen LogP contribution >= 0.6 is 8.53 Å². The Balaban J connectivity index is 1.86. The van der Waals surface area contributed by atoms with E-state index >= 15 is 0 Å². The summed E-state index contributed by atoms with van der Waals surface area (Å²) in [6.45, 7) is 8.68. The van der Waals surface area contributed by atoms with E-state index in [0.29, 0.717) is 33.8 Å². The van der Waals surface area contributed by atoms with Gasteiger partial charge >= 0.3 is 0 Å². The summed E-state index contributed by atoms with van der Waals surface area (Å²) in [4.78, 5) is 12.6. The summed E-state index contributed by atoms with van der Waals surface area (Å²) >= 11 is 0. The Labute approximate surface area is 290 Å². The lowest BCUT2D eigenvalue weighted by Crippen LogP contribution is -2.34. The fraction of sp³-hybridized carbons (Fsp3) is 0.342. The average Bonchev–Trinajstić information content (AvgIpc) is 3.11. The lowest BCUT2D eigenvalue weighted by molar-refractivity contribution is -0.386. The first-order valence-corrected chi connectivity index (χ1v) is 17.2. The molecule has 4 aromatic rings. The number of hydrogen-bond donors (Lipinski definition) is 0. The smallest absolute Gasteiger partial charge is 0.276 e. The standard InChI is InChI=1S/C38H44N3O7P/c1-28(2)40(29(3)4)49(47-24-10-23-39)48-27-31-13-22-36(37(25-31)41(42)43)38(32-14-18-34(44-5)19-15-32,33-16-20-35(45-6)21-17-33)46-26-30-11-8-7-9-12-30/h7-9,11-22,25,28-29H,10,24,26-27H2,1-6H3. The predicted molar refractivity (Wildman–Crippen MR) is 190 cm³/mol. The Morgan fingerprint density at radius 2 is 1.37 bits per heavy atom. The molecule has 11 heteroatoms. The van der Waals surface area contributed by atoms with E-state index in [-0.39, 0.29) is 48.9 Å².